The van der Waals surface area contributed by atoms with Crippen LogP contribution in [0.1, 0.15) is 18.9 Å². The molecule has 0 aliphatic rings. The van der Waals surface area contributed by atoms with Crippen LogP contribution in [0.5, 0.6) is 0 Å². The number of rotatable bonds is 5. The van der Waals surface area contributed by atoms with E-state index < -0.39 is 10.0 Å². The third-order valence-electron chi connectivity index (χ3n) is 2.00. The van der Waals surface area contributed by atoms with Crippen molar-refractivity contribution in [3.05, 3.63) is 35.9 Å². The second-order valence-electron chi connectivity index (χ2n) is 3.67. The molecule has 16 heavy (non-hydrogen) atoms. The van der Waals surface area contributed by atoms with E-state index in [1.54, 1.807) is 19.1 Å². The fourth-order valence-electron chi connectivity index (χ4n) is 1.36. The van der Waals surface area contributed by atoms with Crippen molar-refractivity contribution in [3.8, 4) is 12.3 Å². The van der Waals surface area contributed by atoms with Crippen molar-refractivity contribution >= 4 is 10.0 Å². The summed E-state index contributed by atoms with van der Waals surface area (Å²) in [6.07, 6.45) is 5.51. The predicted octanol–water partition coefficient (Wildman–Crippen LogP) is 1.52. The Labute approximate surface area is 96.9 Å². The zero-order chi connectivity index (χ0) is 12.0. The summed E-state index contributed by atoms with van der Waals surface area (Å²) < 4.78 is 25.9. The summed E-state index contributed by atoms with van der Waals surface area (Å²) in [5, 5.41) is 0. The molecule has 86 valence electrons. The third kappa shape index (κ3) is 4.47. The predicted molar refractivity (Wildman–Crippen MR) is 65.1 cm³/mol. The van der Waals surface area contributed by atoms with E-state index in [-0.39, 0.29) is 11.8 Å². The zero-order valence-electron chi connectivity index (χ0n) is 9.18. The van der Waals surface area contributed by atoms with Crippen LogP contribution >= 0.6 is 0 Å². The Bertz CT molecular complexity index is 460. The van der Waals surface area contributed by atoms with Gasteiger partial charge in [0, 0.05) is 12.5 Å². The second kappa shape index (κ2) is 5.69. The molecule has 1 N–H and O–H groups in total. The molecule has 1 aromatic carbocycles. The summed E-state index contributed by atoms with van der Waals surface area (Å²) in [6, 6.07) is 8.82. The lowest BCUT2D eigenvalue weighted by Crippen LogP contribution is -2.33. The molecule has 0 aliphatic carbocycles. The molecule has 0 saturated heterocycles. The van der Waals surface area contributed by atoms with Gasteiger partial charge in [-0.25, -0.2) is 13.1 Å². The van der Waals surface area contributed by atoms with Crippen LogP contribution in [-0.4, -0.2) is 14.5 Å². The first kappa shape index (κ1) is 12.8. The van der Waals surface area contributed by atoms with Crippen molar-refractivity contribution in [1.82, 2.24) is 4.72 Å². The monoisotopic (exact) mass is 237 g/mol. The molecule has 4 heteroatoms. The average Bonchev–Trinajstić information content (AvgIpc) is 2.17. The molecule has 1 aromatic rings. The fourth-order valence-corrected chi connectivity index (χ4v) is 2.77. The van der Waals surface area contributed by atoms with Crippen LogP contribution in [0.2, 0.25) is 0 Å². The SMILES string of the molecule is C#CCC(C)NS(=O)(=O)Cc1ccccc1. The lowest BCUT2D eigenvalue weighted by Gasteiger charge is -2.11. The molecule has 0 fully saturated rings. The van der Waals surface area contributed by atoms with E-state index in [2.05, 4.69) is 10.6 Å². The van der Waals surface area contributed by atoms with Gasteiger partial charge in [-0.15, -0.1) is 12.3 Å². The maximum atomic E-state index is 11.7. The molecular formula is C12H15NO2S. The highest BCUT2D eigenvalue weighted by Crippen LogP contribution is 2.05. The minimum absolute atomic E-state index is 0.0112. The highest BCUT2D eigenvalue weighted by molar-refractivity contribution is 7.88. The minimum Gasteiger partial charge on any atom is -0.212 e. The van der Waals surface area contributed by atoms with Gasteiger partial charge in [-0.05, 0) is 12.5 Å². The number of sulfonamides is 1. The van der Waals surface area contributed by atoms with Crippen LogP contribution in [0.15, 0.2) is 30.3 Å². The first-order chi connectivity index (χ1) is 7.53. The molecule has 0 heterocycles. The van der Waals surface area contributed by atoms with Crippen LogP contribution in [0.25, 0.3) is 0 Å². The largest absolute Gasteiger partial charge is 0.216 e. The standard InChI is InChI=1S/C12H15NO2S/c1-3-7-11(2)13-16(14,15)10-12-8-5-4-6-9-12/h1,4-6,8-9,11,13H,7,10H2,2H3. The summed E-state index contributed by atoms with van der Waals surface area (Å²) in [5.74, 6) is 2.42. The van der Waals surface area contributed by atoms with Crippen LogP contribution in [0, 0.1) is 12.3 Å². The van der Waals surface area contributed by atoms with E-state index in [9.17, 15) is 8.42 Å². The zero-order valence-corrected chi connectivity index (χ0v) is 10.00. The molecule has 0 amide bonds. The average molecular weight is 237 g/mol. The second-order valence-corrected chi connectivity index (χ2v) is 5.43. The number of hydrogen-bond donors (Lipinski definition) is 1. The lowest BCUT2D eigenvalue weighted by molar-refractivity contribution is 0.563. The van der Waals surface area contributed by atoms with E-state index in [4.69, 9.17) is 6.42 Å². The lowest BCUT2D eigenvalue weighted by atomic mass is 10.2. The number of nitrogens with one attached hydrogen (secondary N) is 1. The van der Waals surface area contributed by atoms with Crippen LogP contribution < -0.4 is 4.72 Å². The Morgan fingerprint density at radius 3 is 2.56 bits per heavy atom. The van der Waals surface area contributed by atoms with Gasteiger partial charge >= 0.3 is 0 Å². The topological polar surface area (TPSA) is 46.2 Å². The van der Waals surface area contributed by atoms with Gasteiger partial charge in [-0.3, -0.25) is 0 Å². The smallest absolute Gasteiger partial charge is 0.212 e. The van der Waals surface area contributed by atoms with Gasteiger partial charge in [0.05, 0.1) is 5.75 Å². The van der Waals surface area contributed by atoms with E-state index in [0.29, 0.717) is 6.42 Å². The van der Waals surface area contributed by atoms with Gasteiger partial charge in [-0.2, -0.15) is 0 Å². The van der Waals surface area contributed by atoms with Gasteiger partial charge < -0.3 is 0 Å². The highest BCUT2D eigenvalue weighted by atomic mass is 32.2. The minimum atomic E-state index is -3.30. The van der Waals surface area contributed by atoms with Crippen molar-refractivity contribution < 1.29 is 8.42 Å². The number of benzene rings is 1. The normalized spacial score (nSPS) is 13.0. The van der Waals surface area contributed by atoms with E-state index in [0.717, 1.165) is 5.56 Å². The summed E-state index contributed by atoms with van der Waals surface area (Å²) >= 11 is 0. The molecule has 1 atom stereocenters. The molecular weight excluding hydrogens is 222 g/mol. The molecule has 1 rings (SSSR count). The summed E-state index contributed by atoms with van der Waals surface area (Å²) in [4.78, 5) is 0. The first-order valence-corrected chi connectivity index (χ1v) is 6.66. The number of hydrogen-bond acceptors (Lipinski definition) is 2. The number of terminal acetylenes is 1. The Morgan fingerprint density at radius 1 is 1.38 bits per heavy atom. The van der Waals surface area contributed by atoms with Gasteiger partial charge in [-0.1, -0.05) is 30.3 Å². The molecule has 0 saturated carbocycles. The van der Waals surface area contributed by atoms with E-state index in [1.807, 2.05) is 18.2 Å². The van der Waals surface area contributed by atoms with E-state index in [1.165, 1.54) is 0 Å². The molecule has 0 aromatic heterocycles. The third-order valence-corrected chi connectivity index (χ3v) is 3.48. The highest BCUT2D eigenvalue weighted by Gasteiger charge is 2.14. The summed E-state index contributed by atoms with van der Waals surface area (Å²) in [5.41, 5.74) is 0.767. The van der Waals surface area contributed by atoms with E-state index >= 15 is 0 Å². The van der Waals surface area contributed by atoms with Crippen LogP contribution in [0.3, 0.4) is 0 Å². The Morgan fingerprint density at radius 2 is 2.00 bits per heavy atom. The van der Waals surface area contributed by atoms with Crippen molar-refractivity contribution in [2.45, 2.75) is 25.1 Å². The summed E-state index contributed by atoms with van der Waals surface area (Å²) in [6.45, 7) is 1.75. The van der Waals surface area contributed by atoms with Gasteiger partial charge in [0.2, 0.25) is 10.0 Å². The molecule has 0 radical (unpaired) electrons. The molecule has 0 bridgehead atoms. The maximum absolute atomic E-state index is 11.7. The van der Waals surface area contributed by atoms with Gasteiger partial charge in [0.1, 0.15) is 0 Å². The maximum Gasteiger partial charge on any atom is 0.216 e. The fraction of sp³-hybridized carbons (Fsp3) is 0.333. The Balaban J connectivity index is 2.63. The van der Waals surface area contributed by atoms with Crippen molar-refractivity contribution in [2.24, 2.45) is 0 Å². The quantitative estimate of drug-likeness (QED) is 0.789. The Hall–Kier alpha value is -1.31. The van der Waals surface area contributed by atoms with Gasteiger partial charge in [0.15, 0.2) is 0 Å². The molecule has 0 aliphatic heterocycles. The van der Waals surface area contributed by atoms with Gasteiger partial charge in [0.25, 0.3) is 0 Å². The molecule has 3 nitrogen and oxygen atoms in total. The van der Waals surface area contributed by atoms with Crippen molar-refractivity contribution in [3.63, 3.8) is 0 Å². The first-order valence-electron chi connectivity index (χ1n) is 5.01. The van der Waals surface area contributed by atoms with Crippen LogP contribution in [0.4, 0.5) is 0 Å². The Kier molecular flexibility index (Phi) is 4.53. The van der Waals surface area contributed by atoms with Crippen molar-refractivity contribution in [1.29, 1.82) is 0 Å². The van der Waals surface area contributed by atoms with Crippen LogP contribution in [-0.2, 0) is 15.8 Å². The van der Waals surface area contributed by atoms with Crippen molar-refractivity contribution in [2.75, 3.05) is 0 Å². The molecule has 1 unspecified atom stereocenters. The molecule has 0 spiro atoms. The summed E-state index contributed by atoms with van der Waals surface area (Å²) in [7, 11) is -3.30.